The SMILES string of the molecule is CCCCCC(/C=C/[C@H]1[C@H](O)CC(=O)[C@@H]1CCCCCCCC(=O)O)OO. The van der Waals surface area contributed by atoms with Crippen LogP contribution < -0.4 is 0 Å². The van der Waals surface area contributed by atoms with E-state index in [1.807, 2.05) is 6.08 Å². The second-order valence-electron chi connectivity index (χ2n) is 7.65. The molecule has 0 amide bonds. The van der Waals surface area contributed by atoms with E-state index in [1.165, 1.54) is 0 Å². The van der Waals surface area contributed by atoms with Crippen LogP contribution in [0, 0.1) is 11.8 Å². The minimum atomic E-state index is -0.755. The zero-order valence-corrected chi connectivity index (χ0v) is 16.5. The van der Waals surface area contributed by atoms with Crippen LogP contribution in [0.5, 0.6) is 0 Å². The van der Waals surface area contributed by atoms with Gasteiger partial charge in [0.1, 0.15) is 11.9 Å². The lowest BCUT2D eigenvalue weighted by molar-refractivity contribution is -0.267. The van der Waals surface area contributed by atoms with Crippen molar-refractivity contribution in [3.05, 3.63) is 12.2 Å². The number of rotatable bonds is 15. The smallest absolute Gasteiger partial charge is 0.303 e. The van der Waals surface area contributed by atoms with Gasteiger partial charge in [-0.1, -0.05) is 64.0 Å². The largest absolute Gasteiger partial charge is 0.481 e. The van der Waals surface area contributed by atoms with Crippen molar-refractivity contribution in [1.82, 2.24) is 0 Å². The molecule has 0 aromatic carbocycles. The van der Waals surface area contributed by atoms with Gasteiger partial charge in [-0.2, -0.15) is 0 Å². The van der Waals surface area contributed by atoms with Gasteiger partial charge in [-0.15, -0.1) is 0 Å². The second-order valence-corrected chi connectivity index (χ2v) is 7.65. The highest BCUT2D eigenvalue weighted by atomic mass is 17.1. The van der Waals surface area contributed by atoms with Crippen molar-refractivity contribution in [3.8, 4) is 0 Å². The number of hydrogen-bond donors (Lipinski definition) is 3. The van der Waals surface area contributed by atoms with Crippen LogP contribution in [-0.2, 0) is 14.5 Å². The first-order chi connectivity index (χ1) is 13.0. The molecule has 1 rings (SSSR count). The molecule has 0 spiro atoms. The Kier molecular flexibility index (Phi) is 12.2. The Morgan fingerprint density at radius 1 is 1.19 bits per heavy atom. The number of carboxylic acid groups (broad SMARTS) is 1. The van der Waals surface area contributed by atoms with Crippen LogP contribution in [0.3, 0.4) is 0 Å². The molecule has 6 heteroatoms. The molecule has 0 bridgehead atoms. The van der Waals surface area contributed by atoms with Crippen molar-refractivity contribution in [2.75, 3.05) is 0 Å². The van der Waals surface area contributed by atoms with Gasteiger partial charge in [-0.05, 0) is 19.3 Å². The van der Waals surface area contributed by atoms with Crippen molar-refractivity contribution < 1.29 is 29.9 Å². The van der Waals surface area contributed by atoms with Gasteiger partial charge in [-0.25, -0.2) is 4.89 Å². The monoisotopic (exact) mass is 384 g/mol. The molecule has 1 fully saturated rings. The summed E-state index contributed by atoms with van der Waals surface area (Å²) >= 11 is 0. The molecule has 1 aliphatic carbocycles. The number of aliphatic hydroxyl groups is 1. The quantitative estimate of drug-likeness (QED) is 0.168. The van der Waals surface area contributed by atoms with E-state index in [2.05, 4.69) is 11.8 Å². The van der Waals surface area contributed by atoms with Crippen LogP contribution >= 0.6 is 0 Å². The Balaban J connectivity index is 2.41. The van der Waals surface area contributed by atoms with E-state index in [-0.39, 0.29) is 30.5 Å². The van der Waals surface area contributed by atoms with Gasteiger partial charge in [0.05, 0.1) is 6.10 Å². The van der Waals surface area contributed by atoms with Gasteiger partial charge in [-0.3, -0.25) is 14.8 Å². The number of aliphatic carboxylic acids is 1. The molecule has 4 atom stereocenters. The normalized spacial score (nSPS) is 24.0. The third kappa shape index (κ3) is 9.49. The van der Waals surface area contributed by atoms with Crippen LogP contribution in [0.15, 0.2) is 12.2 Å². The van der Waals surface area contributed by atoms with E-state index in [9.17, 15) is 14.7 Å². The first kappa shape index (κ1) is 23.8. The highest BCUT2D eigenvalue weighted by molar-refractivity contribution is 5.84. The Morgan fingerprint density at radius 2 is 1.89 bits per heavy atom. The standard InChI is InChI=1S/C21H36O6/c1-2-3-7-10-16(27-26)13-14-18-17(19(22)15-20(18)23)11-8-5-4-6-9-12-21(24)25/h13-14,16-18,20,23,26H,2-12,15H2,1H3,(H,24,25)/b14-13+/t16?,17-,18-,20-/m1/s1. The molecule has 0 saturated heterocycles. The third-order valence-electron chi connectivity index (χ3n) is 5.41. The molecule has 156 valence electrons. The van der Waals surface area contributed by atoms with Crippen molar-refractivity contribution >= 4 is 11.8 Å². The molecule has 0 aliphatic heterocycles. The number of Topliss-reactive ketones (excluding diaryl/α,β-unsaturated/α-hetero) is 1. The Bertz CT molecular complexity index is 462. The lowest BCUT2D eigenvalue weighted by Crippen LogP contribution is -2.19. The Morgan fingerprint density at radius 3 is 2.56 bits per heavy atom. The summed E-state index contributed by atoms with van der Waals surface area (Å²) in [5.41, 5.74) is 0. The van der Waals surface area contributed by atoms with Crippen LogP contribution in [0.2, 0.25) is 0 Å². The highest BCUT2D eigenvalue weighted by Gasteiger charge is 2.39. The maximum absolute atomic E-state index is 12.2. The van der Waals surface area contributed by atoms with Crippen molar-refractivity contribution in [1.29, 1.82) is 0 Å². The molecule has 1 aliphatic rings. The third-order valence-corrected chi connectivity index (χ3v) is 5.41. The lowest BCUT2D eigenvalue weighted by Gasteiger charge is -2.18. The summed E-state index contributed by atoms with van der Waals surface area (Å²) in [5, 5.41) is 27.9. The Hall–Kier alpha value is -1.24. The fourth-order valence-corrected chi connectivity index (χ4v) is 3.79. The molecule has 1 unspecified atom stereocenters. The molecule has 6 nitrogen and oxygen atoms in total. The van der Waals surface area contributed by atoms with Gasteiger partial charge >= 0.3 is 5.97 Å². The average Bonchev–Trinajstić information content (AvgIpc) is 2.90. The van der Waals surface area contributed by atoms with Crippen LogP contribution in [0.1, 0.15) is 84.0 Å². The fourth-order valence-electron chi connectivity index (χ4n) is 3.79. The molecule has 0 aromatic heterocycles. The fraction of sp³-hybridized carbons (Fsp3) is 0.810. The number of ketones is 1. The second kappa shape index (κ2) is 13.9. The topological polar surface area (TPSA) is 104 Å². The number of carbonyl (C=O) groups is 2. The summed E-state index contributed by atoms with van der Waals surface area (Å²) in [6.07, 6.45) is 12.0. The first-order valence-electron chi connectivity index (χ1n) is 10.4. The van der Waals surface area contributed by atoms with Crippen molar-refractivity contribution in [2.24, 2.45) is 11.8 Å². The number of carbonyl (C=O) groups excluding carboxylic acids is 1. The molecule has 1 saturated carbocycles. The van der Waals surface area contributed by atoms with Crippen LogP contribution in [0.4, 0.5) is 0 Å². The zero-order valence-electron chi connectivity index (χ0n) is 16.5. The van der Waals surface area contributed by atoms with Crippen molar-refractivity contribution in [3.63, 3.8) is 0 Å². The van der Waals surface area contributed by atoms with E-state index in [4.69, 9.17) is 10.4 Å². The number of carboxylic acids is 1. The summed E-state index contributed by atoms with van der Waals surface area (Å²) in [6, 6.07) is 0. The van der Waals surface area contributed by atoms with Gasteiger partial charge in [0, 0.05) is 24.7 Å². The predicted molar refractivity (Wildman–Crippen MR) is 103 cm³/mol. The van der Waals surface area contributed by atoms with E-state index in [1.54, 1.807) is 6.08 Å². The van der Waals surface area contributed by atoms with E-state index in [0.717, 1.165) is 57.8 Å². The lowest BCUT2D eigenvalue weighted by atomic mass is 9.88. The summed E-state index contributed by atoms with van der Waals surface area (Å²) in [7, 11) is 0. The minimum absolute atomic E-state index is 0.107. The molecular formula is C21H36O6. The zero-order chi connectivity index (χ0) is 20.1. The highest BCUT2D eigenvalue weighted by Crippen LogP contribution is 2.34. The van der Waals surface area contributed by atoms with Crippen LogP contribution in [-0.4, -0.2) is 39.4 Å². The molecule has 27 heavy (non-hydrogen) atoms. The number of unbranched alkanes of at least 4 members (excludes halogenated alkanes) is 6. The summed E-state index contributed by atoms with van der Waals surface area (Å²) in [6.45, 7) is 2.11. The van der Waals surface area contributed by atoms with E-state index in [0.29, 0.717) is 6.42 Å². The van der Waals surface area contributed by atoms with E-state index < -0.39 is 18.2 Å². The summed E-state index contributed by atoms with van der Waals surface area (Å²) < 4.78 is 0. The molecule has 0 heterocycles. The maximum atomic E-state index is 12.2. The summed E-state index contributed by atoms with van der Waals surface area (Å²) in [5.74, 6) is -1.04. The minimum Gasteiger partial charge on any atom is -0.481 e. The number of aliphatic hydroxyl groups excluding tert-OH is 1. The van der Waals surface area contributed by atoms with Gasteiger partial charge in [0.15, 0.2) is 0 Å². The van der Waals surface area contributed by atoms with Crippen molar-refractivity contribution in [2.45, 2.75) is 96.2 Å². The van der Waals surface area contributed by atoms with E-state index >= 15 is 0 Å². The Labute approximate surface area is 162 Å². The molecule has 0 radical (unpaired) electrons. The number of hydrogen-bond acceptors (Lipinski definition) is 5. The average molecular weight is 385 g/mol. The molecule has 3 N–H and O–H groups in total. The predicted octanol–water partition coefficient (Wildman–Crippen LogP) is 4.36. The molecular weight excluding hydrogens is 348 g/mol. The van der Waals surface area contributed by atoms with Gasteiger partial charge in [0.25, 0.3) is 0 Å². The molecule has 0 aromatic rings. The van der Waals surface area contributed by atoms with Gasteiger partial charge < -0.3 is 10.2 Å². The summed E-state index contributed by atoms with van der Waals surface area (Å²) in [4.78, 5) is 27.2. The van der Waals surface area contributed by atoms with Crippen LogP contribution in [0.25, 0.3) is 0 Å². The first-order valence-corrected chi connectivity index (χ1v) is 10.4. The van der Waals surface area contributed by atoms with Gasteiger partial charge in [0.2, 0.25) is 0 Å². The maximum Gasteiger partial charge on any atom is 0.303 e.